The lowest BCUT2D eigenvalue weighted by molar-refractivity contribution is 0.664. The minimum atomic E-state index is 1.01. The quantitative estimate of drug-likeness (QED) is 0.628. The Bertz CT molecular complexity index is 214. The lowest BCUT2D eigenvalue weighted by atomic mass is 10.2. The standard InChI is InChI=1S/C11H17N2/c1-2-3-6-9-12-11-8-5-4-7-10-13-11/h4-5,7-8,10,12-13H,1-3,6,9H2. The lowest BCUT2D eigenvalue weighted by Crippen LogP contribution is -2.23. The number of hydrogen-bond acceptors (Lipinski definition) is 2. The summed E-state index contributed by atoms with van der Waals surface area (Å²) >= 11 is 0. The third-order valence-corrected chi connectivity index (χ3v) is 1.81. The minimum Gasteiger partial charge on any atom is -0.372 e. The van der Waals surface area contributed by atoms with E-state index in [0.717, 1.165) is 18.8 Å². The number of nitrogens with one attached hydrogen (secondary N) is 2. The molecule has 0 spiro atoms. The van der Waals surface area contributed by atoms with E-state index < -0.39 is 0 Å². The van der Waals surface area contributed by atoms with E-state index in [-0.39, 0.29) is 0 Å². The normalized spacial score (nSPS) is 14.7. The molecule has 0 saturated carbocycles. The van der Waals surface area contributed by atoms with Gasteiger partial charge in [-0.3, -0.25) is 0 Å². The lowest BCUT2D eigenvalue weighted by Gasteiger charge is -2.08. The van der Waals surface area contributed by atoms with Crippen molar-refractivity contribution >= 4 is 0 Å². The Balaban J connectivity index is 2.17. The topological polar surface area (TPSA) is 24.1 Å². The Morgan fingerprint density at radius 3 is 3.00 bits per heavy atom. The molecule has 0 unspecified atom stereocenters. The number of rotatable bonds is 5. The number of allylic oxidation sites excluding steroid dienone is 4. The maximum absolute atomic E-state index is 3.80. The second kappa shape index (κ2) is 6.35. The monoisotopic (exact) mass is 177 g/mol. The molecule has 1 radical (unpaired) electrons. The summed E-state index contributed by atoms with van der Waals surface area (Å²) in [5, 5.41) is 6.47. The summed E-state index contributed by atoms with van der Waals surface area (Å²) in [4.78, 5) is 0. The molecule has 0 fully saturated rings. The summed E-state index contributed by atoms with van der Waals surface area (Å²) in [5.41, 5.74) is 0. The summed E-state index contributed by atoms with van der Waals surface area (Å²) < 4.78 is 0. The van der Waals surface area contributed by atoms with Crippen LogP contribution in [-0.2, 0) is 0 Å². The van der Waals surface area contributed by atoms with Crippen LogP contribution in [0.1, 0.15) is 19.3 Å². The van der Waals surface area contributed by atoms with Crippen LogP contribution in [0.5, 0.6) is 0 Å². The molecule has 2 heteroatoms. The van der Waals surface area contributed by atoms with Gasteiger partial charge >= 0.3 is 0 Å². The molecule has 0 bridgehead atoms. The average molecular weight is 177 g/mol. The van der Waals surface area contributed by atoms with Crippen LogP contribution in [-0.4, -0.2) is 6.54 Å². The van der Waals surface area contributed by atoms with Gasteiger partial charge in [-0.25, -0.2) is 0 Å². The summed E-state index contributed by atoms with van der Waals surface area (Å²) in [6.45, 7) is 4.81. The van der Waals surface area contributed by atoms with Crippen molar-refractivity contribution in [1.82, 2.24) is 10.6 Å². The van der Waals surface area contributed by atoms with Crippen LogP contribution in [0.15, 0.2) is 36.3 Å². The van der Waals surface area contributed by atoms with Crippen LogP contribution >= 0.6 is 0 Å². The van der Waals surface area contributed by atoms with Crippen molar-refractivity contribution in [3.63, 3.8) is 0 Å². The van der Waals surface area contributed by atoms with Crippen LogP contribution in [0.25, 0.3) is 0 Å². The van der Waals surface area contributed by atoms with E-state index >= 15 is 0 Å². The molecule has 0 aromatic rings. The molecule has 2 N–H and O–H groups in total. The van der Waals surface area contributed by atoms with E-state index in [9.17, 15) is 0 Å². The van der Waals surface area contributed by atoms with Gasteiger partial charge in [-0.1, -0.05) is 31.9 Å². The molecular weight excluding hydrogens is 160 g/mol. The second-order valence-electron chi connectivity index (χ2n) is 2.96. The summed E-state index contributed by atoms with van der Waals surface area (Å²) in [5.74, 6) is 1.06. The Hall–Kier alpha value is -1.18. The fourth-order valence-electron chi connectivity index (χ4n) is 1.09. The molecule has 1 rings (SSSR count). The zero-order valence-electron chi connectivity index (χ0n) is 7.92. The molecule has 71 valence electrons. The van der Waals surface area contributed by atoms with Crippen LogP contribution in [0.2, 0.25) is 0 Å². The average Bonchev–Trinajstić information content (AvgIpc) is 2.41. The molecule has 0 aromatic heterocycles. The third-order valence-electron chi connectivity index (χ3n) is 1.81. The molecule has 2 nitrogen and oxygen atoms in total. The molecule has 1 heterocycles. The molecule has 0 aromatic carbocycles. The van der Waals surface area contributed by atoms with Crippen molar-refractivity contribution < 1.29 is 0 Å². The molecule has 0 saturated heterocycles. The van der Waals surface area contributed by atoms with Crippen LogP contribution in [0.4, 0.5) is 0 Å². The number of hydrogen-bond donors (Lipinski definition) is 2. The van der Waals surface area contributed by atoms with Crippen LogP contribution in [0, 0.1) is 6.92 Å². The summed E-state index contributed by atoms with van der Waals surface area (Å²) in [6.07, 6.45) is 13.3. The Kier molecular flexibility index (Phi) is 4.84. The van der Waals surface area contributed by atoms with Crippen molar-refractivity contribution in [2.45, 2.75) is 19.3 Å². The van der Waals surface area contributed by atoms with E-state index in [2.05, 4.69) is 17.6 Å². The van der Waals surface area contributed by atoms with E-state index in [0.29, 0.717) is 0 Å². The van der Waals surface area contributed by atoms with Crippen LogP contribution < -0.4 is 10.6 Å². The fraction of sp³-hybridized carbons (Fsp3) is 0.364. The van der Waals surface area contributed by atoms with E-state index in [1.165, 1.54) is 12.8 Å². The maximum Gasteiger partial charge on any atom is 0.103 e. The Morgan fingerprint density at radius 2 is 2.15 bits per heavy atom. The molecule has 13 heavy (non-hydrogen) atoms. The van der Waals surface area contributed by atoms with Crippen molar-refractivity contribution in [3.05, 3.63) is 43.2 Å². The van der Waals surface area contributed by atoms with Gasteiger partial charge in [0.15, 0.2) is 0 Å². The van der Waals surface area contributed by atoms with Gasteiger partial charge in [0.1, 0.15) is 5.82 Å². The highest BCUT2D eigenvalue weighted by molar-refractivity contribution is 5.19. The summed E-state index contributed by atoms with van der Waals surface area (Å²) in [7, 11) is 0. The van der Waals surface area contributed by atoms with E-state index in [1.807, 2.05) is 30.5 Å². The van der Waals surface area contributed by atoms with Gasteiger partial charge in [-0.2, -0.15) is 0 Å². The molecule has 1 aliphatic rings. The third kappa shape index (κ3) is 4.41. The second-order valence-corrected chi connectivity index (χ2v) is 2.96. The number of unbranched alkanes of at least 4 members (excludes halogenated alkanes) is 2. The van der Waals surface area contributed by atoms with Gasteiger partial charge in [0.2, 0.25) is 0 Å². The first-order valence-corrected chi connectivity index (χ1v) is 4.76. The van der Waals surface area contributed by atoms with E-state index in [1.54, 1.807) is 0 Å². The molecule has 1 aliphatic heterocycles. The predicted molar refractivity (Wildman–Crippen MR) is 56.7 cm³/mol. The van der Waals surface area contributed by atoms with Crippen molar-refractivity contribution in [2.24, 2.45) is 0 Å². The van der Waals surface area contributed by atoms with E-state index in [4.69, 9.17) is 0 Å². The van der Waals surface area contributed by atoms with Crippen molar-refractivity contribution in [2.75, 3.05) is 6.54 Å². The van der Waals surface area contributed by atoms with Gasteiger partial charge in [0.05, 0.1) is 0 Å². The first-order valence-electron chi connectivity index (χ1n) is 4.76. The zero-order valence-corrected chi connectivity index (χ0v) is 7.92. The van der Waals surface area contributed by atoms with Crippen molar-refractivity contribution in [1.29, 1.82) is 0 Å². The van der Waals surface area contributed by atoms with Gasteiger partial charge < -0.3 is 10.6 Å². The molecule has 0 amide bonds. The van der Waals surface area contributed by atoms with Crippen LogP contribution in [0.3, 0.4) is 0 Å². The Morgan fingerprint density at radius 1 is 1.23 bits per heavy atom. The van der Waals surface area contributed by atoms with Gasteiger partial charge in [-0.05, 0) is 18.6 Å². The van der Waals surface area contributed by atoms with Gasteiger partial charge in [0.25, 0.3) is 0 Å². The predicted octanol–water partition coefficient (Wildman–Crippen LogP) is 2.09. The zero-order chi connectivity index (χ0) is 9.36. The molecule has 0 aliphatic carbocycles. The highest BCUT2D eigenvalue weighted by Crippen LogP contribution is 1.95. The largest absolute Gasteiger partial charge is 0.372 e. The highest BCUT2D eigenvalue weighted by atomic mass is 15.1. The highest BCUT2D eigenvalue weighted by Gasteiger charge is 1.92. The summed E-state index contributed by atoms with van der Waals surface area (Å²) in [6, 6.07) is 0. The maximum atomic E-state index is 3.80. The van der Waals surface area contributed by atoms with Gasteiger partial charge in [0, 0.05) is 12.7 Å². The van der Waals surface area contributed by atoms with Crippen molar-refractivity contribution in [3.8, 4) is 0 Å². The smallest absolute Gasteiger partial charge is 0.103 e. The fourth-order valence-corrected chi connectivity index (χ4v) is 1.09. The molecule has 0 atom stereocenters. The van der Waals surface area contributed by atoms with Gasteiger partial charge in [-0.15, -0.1) is 0 Å². The first kappa shape index (κ1) is 9.90. The molecular formula is C11H17N2. The first-order chi connectivity index (χ1) is 6.43. The minimum absolute atomic E-state index is 1.01. The SMILES string of the molecule is [CH2]CCCCNC1=CC=CC=CN1. The Labute approximate surface area is 80.4 Å².